The molecule has 0 N–H and O–H groups in total. The summed E-state index contributed by atoms with van der Waals surface area (Å²) in [5.74, 6) is 1.88. The third-order valence-electron chi connectivity index (χ3n) is 11.4. The third-order valence-corrected chi connectivity index (χ3v) is 12.6. The average Bonchev–Trinajstić information content (AvgIpc) is 3.74. The van der Waals surface area contributed by atoms with E-state index in [-0.39, 0.29) is 0 Å². The number of hydrogen-bond acceptors (Lipinski definition) is 4. The van der Waals surface area contributed by atoms with E-state index in [1.165, 1.54) is 42.4 Å². The van der Waals surface area contributed by atoms with Gasteiger partial charge in [0.1, 0.15) is 0 Å². The van der Waals surface area contributed by atoms with Crippen LogP contribution in [0.5, 0.6) is 0 Å². The Balaban J connectivity index is 0.936. The zero-order valence-corrected chi connectivity index (χ0v) is 33.9. The molecule has 3 nitrogen and oxygen atoms in total. The number of benzene rings is 9. The second-order valence-corrected chi connectivity index (χ2v) is 16.2. The van der Waals surface area contributed by atoms with E-state index >= 15 is 0 Å². The maximum absolute atomic E-state index is 5.19. The minimum Gasteiger partial charge on any atom is -0.208 e. The van der Waals surface area contributed by atoms with Crippen LogP contribution in [0.3, 0.4) is 0 Å². The fourth-order valence-corrected chi connectivity index (χ4v) is 9.52. The fraction of sp³-hybridized carbons (Fsp3) is 0. The number of thiophene rings is 1. The molecule has 11 rings (SSSR count). The van der Waals surface area contributed by atoms with Gasteiger partial charge in [0.2, 0.25) is 0 Å². The van der Waals surface area contributed by atoms with Gasteiger partial charge in [-0.1, -0.05) is 206 Å². The van der Waals surface area contributed by atoms with E-state index in [9.17, 15) is 0 Å². The van der Waals surface area contributed by atoms with Gasteiger partial charge < -0.3 is 0 Å². The summed E-state index contributed by atoms with van der Waals surface area (Å²) < 4.78 is 2.66. The van der Waals surface area contributed by atoms with Gasteiger partial charge in [0, 0.05) is 36.9 Å². The third kappa shape index (κ3) is 7.09. The molecule has 0 aliphatic rings. The Bertz CT molecular complexity index is 3340. The second kappa shape index (κ2) is 15.8. The van der Waals surface area contributed by atoms with Crippen molar-refractivity contribution in [3.05, 3.63) is 224 Å². The molecule has 0 atom stereocenters. The van der Waals surface area contributed by atoms with E-state index in [0.29, 0.717) is 17.5 Å². The number of fused-ring (bicyclic) bond motifs is 3. The van der Waals surface area contributed by atoms with Crippen molar-refractivity contribution in [1.29, 1.82) is 0 Å². The molecule has 0 spiro atoms. The molecule has 11 aromatic rings. The monoisotopic (exact) mass is 795 g/mol. The lowest BCUT2D eigenvalue weighted by molar-refractivity contribution is 1.07. The number of aromatic nitrogens is 3. The number of hydrogen-bond donors (Lipinski definition) is 0. The molecule has 0 saturated heterocycles. The summed E-state index contributed by atoms with van der Waals surface area (Å²) in [6.07, 6.45) is 0. The van der Waals surface area contributed by atoms with Crippen LogP contribution in [-0.2, 0) is 0 Å². The lowest BCUT2D eigenvalue weighted by Gasteiger charge is -2.13. The Labute approximate surface area is 359 Å². The molecule has 61 heavy (non-hydrogen) atoms. The summed E-state index contributed by atoms with van der Waals surface area (Å²) >= 11 is 1.87. The number of rotatable bonds is 8. The topological polar surface area (TPSA) is 38.7 Å². The predicted octanol–water partition coefficient (Wildman–Crippen LogP) is 15.6. The van der Waals surface area contributed by atoms with Crippen LogP contribution in [0.4, 0.5) is 0 Å². The average molecular weight is 796 g/mol. The van der Waals surface area contributed by atoms with Gasteiger partial charge in [0.25, 0.3) is 0 Å². The Hall–Kier alpha value is -7.79. The summed E-state index contributed by atoms with van der Waals surface area (Å²) in [6.45, 7) is 0. The quantitative estimate of drug-likeness (QED) is 0.154. The highest BCUT2D eigenvalue weighted by Crippen LogP contribution is 2.40. The van der Waals surface area contributed by atoms with E-state index in [4.69, 9.17) is 15.0 Å². The van der Waals surface area contributed by atoms with E-state index in [1.807, 2.05) is 29.5 Å². The van der Waals surface area contributed by atoms with Gasteiger partial charge in [-0.15, -0.1) is 11.3 Å². The van der Waals surface area contributed by atoms with Gasteiger partial charge >= 0.3 is 0 Å². The molecule has 2 aromatic heterocycles. The van der Waals surface area contributed by atoms with E-state index in [1.54, 1.807) is 0 Å². The molecule has 9 aromatic carbocycles. The minimum atomic E-state index is 0.623. The molecule has 0 amide bonds. The molecule has 0 aliphatic heterocycles. The first kappa shape index (κ1) is 36.3. The van der Waals surface area contributed by atoms with Crippen LogP contribution in [0, 0.1) is 0 Å². The Kier molecular flexibility index (Phi) is 9.38. The highest BCUT2D eigenvalue weighted by Gasteiger charge is 2.17. The van der Waals surface area contributed by atoms with E-state index in [2.05, 4.69) is 206 Å². The second-order valence-electron chi connectivity index (χ2n) is 15.2. The SMILES string of the molecule is c1ccc(-c2cccc(-c3nc(-c4cccc(-c5ccc(-c6ccc(-c7cccc8c7sc7ccccc78)cc6)cc5)c4)nc(-c4ccccc4-c4ccccc4)n3)c2)cc1. The normalized spacial score (nSPS) is 11.3. The van der Waals surface area contributed by atoms with Crippen LogP contribution < -0.4 is 0 Å². The highest BCUT2D eigenvalue weighted by molar-refractivity contribution is 7.26. The Morgan fingerprint density at radius 2 is 0.639 bits per heavy atom. The molecule has 2 heterocycles. The lowest BCUT2D eigenvalue weighted by Crippen LogP contribution is -2.01. The van der Waals surface area contributed by atoms with Crippen molar-refractivity contribution >= 4 is 31.5 Å². The molecular weight excluding hydrogens is 759 g/mol. The molecule has 0 radical (unpaired) electrons. The van der Waals surface area contributed by atoms with Crippen molar-refractivity contribution < 1.29 is 0 Å². The highest BCUT2D eigenvalue weighted by atomic mass is 32.1. The molecule has 4 heteroatoms. The summed E-state index contributed by atoms with van der Waals surface area (Å²) in [4.78, 5) is 15.5. The number of nitrogens with zero attached hydrogens (tertiary/aromatic N) is 3. The van der Waals surface area contributed by atoms with Gasteiger partial charge in [-0.2, -0.15) is 0 Å². The summed E-state index contributed by atoms with van der Waals surface area (Å²) in [5.41, 5.74) is 14.3. The van der Waals surface area contributed by atoms with Crippen LogP contribution in [0.15, 0.2) is 224 Å². The van der Waals surface area contributed by atoms with Crippen molar-refractivity contribution in [2.75, 3.05) is 0 Å². The summed E-state index contributed by atoms with van der Waals surface area (Å²) in [5, 5.41) is 2.64. The van der Waals surface area contributed by atoms with Gasteiger partial charge in [-0.25, -0.2) is 15.0 Å². The van der Waals surface area contributed by atoms with Crippen LogP contribution in [-0.4, -0.2) is 15.0 Å². The van der Waals surface area contributed by atoms with Crippen LogP contribution in [0.2, 0.25) is 0 Å². The Morgan fingerprint density at radius 3 is 1.28 bits per heavy atom. The summed E-state index contributed by atoms with van der Waals surface area (Å²) in [6, 6.07) is 79.3. The smallest absolute Gasteiger partial charge is 0.164 e. The van der Waals surface area contributed by atoms with Crippen LogP contribution >= 0.6 is 11.3 Å². The first-order valence-corrected chi connectivity index (χ1v) is 21.3. The van der Waals surface area contributed by atoms with Crippen molar-refractivity contribution in [1.82, 2.24) is 15.0 Å². The largest absolute Gasteiger partial charge is 0.208 e. The van der Waals surface area contributed by atoms with Gasteiger partial charge in [0.15, 0.2) is 17.5 Å². The van der Waals surface area contributed by atoms with Crippen molar-refractivity contribution in [2.24, 2.45) is 0 Å². The Morgan fingerprint density at radius 1 is 0.246 bits per heavy atom. The van der Waals surface area contributed by atoms with Crippen molar-refractivity contribution in [3.8, 4) is 89.8 Å². The summed E-state index contributed by atoms with van der Waals surface area (Å²) in [7, 11) is 0. The maximum Gasteiger partial charge on any atom is 0.164 e. The molecule has 0 saturated carbocycles. The predicted molar refractivity (Wildman–Crippen MR) is 256 cm³/mol. The molecule has 0 aliphatic carbocycles. The zero-order valence-electron chi connectivity index (χ0n) is 33.1. The van der Waals surface area contributed by atoms with E-state index in [0.717, 1.165) is 50.1 Å². The van der Waals surface area contributed by atoms with E-state index < -0.39 is 0 Å². The molecule has 0 unspecified atom stereocenters. The van der Waals surface area contributed by atoms with Gasteiger partial charge in [0.05, 0.1) is 0 Å². The lowest BCUT2D eigenvalue weighted by atomic mass is 9.97. The molecular formula is C57H37N3S. The standard InChI is InChI=1S/C57H37N3S/c1-3-14-38(15-4-1)44-18-11-20-46(36-44)55-58-56(60-57(59-55)52-24-8-7-22-48(52)42-16-5-2-6-17-42)47-21-12-19-45(37-47)41-30-28-39(29-31-41)40-32-34-43(35-33-40)49-25-13-26-51-50-23-9-10-27-53(50)61-54(49)51/h1-37H. The molecule has 286 valence electrons. The van der Waals surface area contributed by atoms with Gasteiger partial charge in [-0.3, -0.25) is 0 Å². The molecule has 0 bridgehead atoms. The first-order valence-electron chi connectivity index (χ1n) is 20.5. The van der Waals surface area contributed by atoms with Gasteiger partial charge in [-0.05, 0) is 73.8 Å². The van der Waals surface area contributed by atoms with Crippen LogP contribution in [0.1, 0.15) is 0 Å². The minimum absolute atomic E-state index is 0.623. The first-order chi connectivity index (χ1) is 30.2. The zero-order chi connectivity index (χ0) is 40.5. The van der Waals surface area contributed by atoms with Crippen molar-refractivity contribution in [3.63, 3.8) is 0 Å². The van der Waals surface area contributed by atoms with Crippen molar-refractivity contribution in [2.45, 2.75) is 0 Å². The van der Waals surface area contributed by atoms with Crippen LogP contribution in [0.25, 0.3) is 110 Å². The fourth-order valence-electron chi connectivity index (χ4n) is 8.28. The maximum atomic E-state index is 5.19. The molecule has 0 fully saturated rings.